The molecule has 3 aromatic rings. The number of ether oxygens (including phenoxy) is 1. The highest BCUT2D eigenvalue weighted by Gasteiger charge is 2.35. The largest absolute Gasteiger partial charge is 0.497 e. The number of amides is 2. The van der Waals surface area contributed by atoms with Crippen molar-refractivity contribution in [2.75, 3.05) is 18.0 Å². The first kappa shape index (κ1) is 31.4. The number of sulfonamides is 1. The molecule has 0 saturated heterocycles. The molecular weight excluding hydrogens is 574 g/mol. The number of halogens is 1. The van der Waals surface area contributed by atoms with Crippen molar-refractivity contribution in [3.8, 4) is 5.75 Å². The van der Waals surface area contributed by atoms with E-state index in [9.17, 15) is 18.0 Å². The van der Waals surface area contributed by atoms with Crippen molar-refractivity contribution < 1.29 is 22.7 Å². The van der Waals surface area contributed by atoms with Crippen LogP contribution in [0.1, 0.15) is 50.2 Å². The van der Waals surface area contributed by atoms with Crippen LogP contribution in [0, 0.1) is 6.92 Å². The second-order valence-corrected chi connectivity index (χ2v) is 12.8. The smallest absolute Gasteiger partial charge is 0.264 e. The number of rotatable bonds is 12. The number of carbonyl (C=O) groups is 2. The van der Waals surface area contributed by atoms with E-state index in [0.29, 0.717) is 28.4 Å². The van der Waals surface area contributed by atoms with E-state index >= 15 is 0 Å². The second kappa shape index (κ2) is 14.1. The summed E-state index contributed by atoms with van der Waals surface area (Å²) in [5.41, 5.74) is 1.72. The van der Waals surface area contributed by atoms with E-state index in [1.807, 2.05) is 19.1 Å². The van der Waals surface area contributed by atoms with Gasteiger partial charge in [0.15, 0.2) is 0 Å². The topological polar surface area (TPSA) is 96.0 Å². The highest BCUT2D eigenvalue weighted by atomic mass is 35.5. The summed E-state index contributed by atoms with van der Waals surface area (Å²) in [6, 6.07) is 19.4. The summed E-state index contributed by atoms with van der Waals surface area (Å²) >= 11 is 6.30. The Kier molecular flexibility index (Phi) is 10.5. The van der Waals surface area contributed by atoms with Crippen molar-refractivity contribution in [2.24, 2.45) is 0 Å². The van der Waals surface area contributed by atoms with Crippen LogP contribution in [0.25, 0.3) is 0 Å². The first-order valence-corrected chi connectivity index (χ1v) is 16.0. The van der Waals surface area contributed by atoms with Crippen LogP contribution in [0.2, 0.25) is 5.02 Å². The van der Waals surface area contributed by atoms with Gasteiger partial charge in [0.25, 0.3) is 10.0 Å². The number of hydrogen-bond donors (Lipinski definition) is 1. The van der Waals surface area contributed by atoms with Gasteiger partial charge in [-0.2, -0.15) is 0 Å². The Hall–Kier alpha value is -3.56. The van der Waals surface area contributed by atoms with Gasteiger partial charge in [-0.1, -0.05) is 67.8 Å². The molecule has 1 atom stereocenters. The molecule has 1 N–H and O–H groups in total. The van der Waals surface area contributed by atoms with E-state index in [4.69, 9.17) is 16.3 Å². The van der Waals surface area contributed by atoms with E-state index in [-0.39, 0.29) is 23.4 Å². The van der Waals surface area contributed by atoms with Crippen molar-refractivity contribution in [3.05, 3.63) is 88.9 Å². The van der Waals surface area contributed by atoms with Gasteiger partial charge in [-0.3, -0.25) is 13.9 Å². The summed E-state index contributed by atoms with van der Waals surface area (Å²) in [4.78, 5) is 29.4. The van der Waals surface area contributed by atoms with E-state index in [2.05, 4.69) is 5.32 Å². The van der Waals surface area contributed by atoms with Crippen LogP contribution in [-0.2, 0) is 26.2 Å². The summed E-state index contributed by atoms with van der Waals surface area (Å²) in [5, 5.41) is 3.47. The maximum Gasteiger partial charge on any atom is 0.264 e. The monoisotopic (exact) mass is 611 g/mol. The highest BCUT2D eigenvalue weighted by molar-refractivity contribution is 7.92. The van der Waals surface area contributed by atoms with Gasteiger partial charge < -0.3 is 15.0 Å². The first-order valence-electron chi connectivity index (χ1n) is 14.2. The molecular formula is C32H38ClN3O5S. The van der Waals surface area contributed by atoms with Crippen molar-refractivity contribution in [1.82, 2.24) is 10.2 Å². The Morgan fingerprint density at radius 3 is 2.31 bits per heavy atom. The lowest BCUT2D eigenvalue weighted by Crippen LogP contribution is -2.53. The molecule has 3 aromatic carbocycles. The normalized spacial score (nSPS) is 14.3. The molecule has 0 heterocycles. The van der Waals surface area contributed by atoms with E-state index in [1.54, 1.807) is 62.6 Å². The average molecular weight is 612 g/mol. The molecule has 0 spiro atoms. The minimum absolute atomic E-state index is 0.0462. The zero-order valence-electron chi connectivity index (χ0n) is 24.3. The molecule has 1 saturated carbocycles. The number of hydrogen-bond acceptors (Lipinski definition) is 5. The van der Waals surface area contributed by atoms with E-state index in [0.717, 1.165) is 35.6 Å². The molecule has 2 amide bonds. The molecule has 0 unspecified atom stereocenters. The number of anilines is 1. The van der Waals surface area contributed by atoms with Gasteiger partial charge in [-0.15, -0.1) is 0 Å². The molecule has 10 heteroatoms. The second-order valence-electron chi connectivity index (χ2n) is 10.5. The SMILES string of the molecule is CC[C@@H](C(=O)NC1CCCC1)N(Cc1ccc(OC)cc1)C(=O)CN(c1cc(Cl)ccc1C)S(=O)(=O)c1ccccc1. The molecule has 224 valence electrons. The van der Waals surface area contributed by atoms with Crippen LogP contribution in [-0.4, -0.2) is 50.9 Å². The number of methoxy groups -OCH3 is 1. The zero-order valence-corrected chi connectivity index (χ0v) is 25.8. The van der Waals surface area contributed by atoms with Crippen LogP contribution in [0.5, 0.6) is 5.75 Å². The molecule has 0 aliphatic heterocycles. The third-order valence-electron chi connectivity index (χ3n) is 7.65. The predicted molar refractivity (Wildman–Crippen MR) is 165 cm³/mol. The Labute approximate surface area is 253 Å². The van der Waals surface area contributed by atoms with Gasteiger partial charge in [0.1, 0.15) is 18.3 Å². The molecule has 4 rings (SSSR count). The summed E-state index contributed by atoms with van der Waals surface area (Å²) in [6.07, 6.45) is 4.29. The number of benzene rings is 3. The van der Waals surface area contributed by atoms with Gasteiger partial charge in [0.05, 0.1) is 17.7 Å². The molecule has 42 heavy (non-hydrogen) atoms. The third-order valence-corrected chi connectivity index (χ3v) is 9.66. The summed E-state index contributed by atoms with van der Waals surface area (Å²) in [6.45, 7) is 3.23. The van der Waals surface area contributed by atoms with Gasteiger partial charge in [0.2, 0.25) is 11.8 Å². The third kappa shape index (κ3) is 7.44. The van der Waals surface area contributed by atoms with Crippen LogP contribution in [0.4, 0.5) is 5.69 Å². The number of nitrogens with zero attached hydrogens (tertiary/aromatic N) is 2. The standard InChI is InChI=1S/C32H38ClN3O5S/c1-4-29(32(38)34-26-10-8-9-11-26)35(21-24-15-18-27(41-3)19-16-24)31(37)22-36(30-20-25(33)17-14-23(30)2)42(39,40)28-12-6-5-7-13-28/h5-7,12-20,26,29H,4,8-11,21-22H2,1-3H3,(H,34,38)/t29-/m0/s1. The molecule has 0 aromatic heterocycles. The summed E-state index contributed by atoms with van der Waals surface area (Å²) < 4.78 is 34.4. The van der Waals surface area contributed by atoms with Gasteiger partial charge in [-0.25, -0.2) is 8.42 Å². The van der Waals surface area contributed by atoms with Crippen molar-refractivity contribution in [1.29, 1.82) is 0 Å². The molecule has 1 aliphatic carbocycles. The number of aryl methyl sites for hydroxylation is 1. The van der Waals surface area contributed by atoms with Crippen LogP contribution in [0.3, 0.4) is 0 Å². The molecule has 8 nitrogen and oxygen atoms in total. The summed E-state index contributed by atoms with van der Waals surface area (Å²) in [5.74, 6) is -0.0695. The van der Waals surface area contributed by atoms with Gasteiger partial charge in [0, 0.05) is 17.6 Å². The Bertz CT molecular complexity index is 1480. The molecule has 1 fully saturated rings. The number of nitrogens with one attached hydrogen (secondary N) is 1. The van der Waals surface area contributed by atoms with Crippen LogP contribution >= 0.6 is 11.6 Å². The molecule has 1 aliphatic rings. The van der Waals surface area contributed by atoms with Crippen molar-refractivity contribution >= 4 is 39.1 Å². The number of carbonyl (C=O) groups excluding carboxylic acids is 2. The fourth-order valence-electron chi connectivity index (χ4n) is 5.30. The Morgan fingerprint density at radius 1 is 1.02 bits per heavy atom. The lowest BCUT2D eigenvalue weighted by molar-refractivity contribution is -0.140. The maximum absolute atomic E-state index is 14.3. The minimum atomic E-state index is -4.17. The molecule has 0 bridgehead atoms. The lowest BCUT2D eigenvalue weighted by atomic mass is 10.1. The fourth-order valence-corrected chi connectivity index (χ4v) is 6.96. The lowest BCUT2D eigenvalue weighted by Gasteiger charge is -2.34. The van der Waals surface area contributed by atoms with Crippen LogP contribution in [0.15, 0.2) is 77.7 Å². The Morgan fingerprint density at radius 2 is 1.69 bits per heavy atom. The van der Waals surface area contributed by atoms with Gasteiger partial charge >= 0.3 is 0 Å². The minimum Gasteiger partial charge on any atom is -0.497 e. The first-order chi connectivity index (χ1) is 20.1. The average Bonchev–Trinajstić information content (AvgIpc) is 3.50. The van der Waals surface area contributed by atoms with Gasteiger partial charge in [-0.05, 0) is 73.7 Å². The Balaban J connectivity index is 1.73. The predicted octanol–water partition coefficient (Wildman–Crippen LogP) is 5.72. The highest BCUT2D eigenvalue weighted by Crippen LogP contribution is 2.30. The summed E-state index contributed by atoms with van der Waals surface area (Å²) in [7, 11) is -2.59. The van der Waals surface area contributed by atoms with Crippen LogP contribution < -0.4 is 14.4 Å². The molecule has 0 radical (unpaired) electrons. The van der Waals surface area contributed by atoms with E-state index in [1.165, 1.54) is 17.0 Å². The quantitative estimate of drug-likeness (QED) is 0.283. The van der Waals surface area contributed by atoms with Crippen molar-refractivity contribution in [2.45, 2.75) is 69.5 Å². The maximum atomic E-state index is 14.3. The fraction of sp³-hybridized carbons (Fsp3) is 0.375. The zero-order chi connectivity index (χ0) is 30.3. The van der Waals surface area contributed by atoms with Crippen molar-refractivity contribution in [3.63, 3.8) is 0 Å². The van der Waals surface area contributed by atoms with E-state index < -0.39 is 28.5 Å².